The van der Waals surface area contributed by atoms with Crippen LogP contribution in [0.3, 0.4) is 0 Å². The highest BCUT2D eigenvalue weighted by Crippen LogP contribution is 2.64. The zero-order chi connectivity index (χ0) is 27.7. The van der Waals surface area contributed by atoms with Crippen LogP contribution in [0.2, 0.25) is 0 Å². The van der Waals surface area contributed by atoms with E-state index in [1.54, 1.807) is 0 Å². The van der Waals surface area contributed by atoms with E-state index in [0.29, 0.717) is 0 Å². The highest BCUT2D eigenvalue weighted by molar-refractivity contribution is 5.15. The predicted molar refractivity (Wildman–Crippen MR) is 76.9 cm³/mol. The van der Waals surface area contributed by atoms with Crippen molar-refractivity contribution in [3.63, 3.8) is 0 Å². The third-order valence-corrected chi connectivity index (χ3v) is 4.03. The maximum absolute atomic E-state index is 13.6. The first-order valence-electron chi connectivity index (χ1n) is 8.33. The van der Waals surface area contributed by atoms with Crippen LogP contribution < -0.4 is 0 Å². The number of alkyl halides is 17. The molecule has 0 radical (unpaired) electrons. The first-order chi connectivity index (χ1) is 14.8. The molecule has 0 aliphatic heterocycles. The minimum atomic E-state index is -8.61. The molecule has 0 aliphatic carbocycles. The van der Waals surface area contributed by atoms with Gasteiger partial charge in [-0.25, -0.2) is 0 Å². The molecule has 0 aromatic rings. The van der Waals surface area contributed by atoms with E-state index in [-0.39, 0.29) is 6.61 Å². The summed E-state index contributed by atoms with van der Waals surface area (Å²) in [6, 6.07) is 0. The minimum Gasteiger partial charge on any atom is -0.499 e. The van der Waals surface area contributed by atoms with Crippen LogP contribution in [0.5, 0.6) is 0 Å². The third-order valence-electron chi connectivity index (χ3n) is 4.03. The van der Waals surface area contributed by atoms with Crippen LogP contribution in [0.25, 0.3) is 0 Å². The maximum atomic E-state index is 13.6. The lowest BCUT2D eigenvalue weighted by Crippen LogP contribution is -2.74. The van der Waals surface area contributed by atoms with Crippen LogP contribution in [-0.2, 0) is 9.47 Å². The molecule has 0 heterocycles. The van der Waals surface area contributed by atoms with Gasteiger partial charge in [-0.15, -0.1) is 0 Å². The van der Waals surface area contributed by atoms with Gasteiger partial charge in [0, 0.05) is 13.0 Å². The average Bonchev–Trinajstić information content (AvgIpc) is 2.65. The average molecular weight is 548 g/mol. The zero-order valence-corrected chi connectivity index (χ0v) is 16.1. The van der Waals surface area contributed by atoms with E-state index in [9.17, 15) is 74.6 Å². The van der Waals surface area contributed by atoms with Gasteiger partial charge in [0.05, 0.1) is 12.9 Å². The summed E-state index contributed by atoms with van der Waals surface area (Å²) in [5, 5.41) is 0. The number of halogens is 17. The standard InChI is InChI=1S/C15H13F17O2/c1-2-33-6-7-34-5-3-4-8(16,17)9(18,19)10(20,21)11(22,23)12(24,25)13(26,27)14(28,29)15(30,31)32/h2H,1,3-7H2. The largest absolute Gasteiger partial charge is 0.499 e. The van der Waals surface area contributed by atoms with E-state index in [0.717, 1.165) is 6.26 Å². The van der Waals surface area contributed by atoms with Gasteiger partial charge in [-0.2, -0.15) is 74.6 Å². The van der Waals surface area contributed by atoms with Crippen LogP contribution in [0.1, 0.15) is 12.8 Å². The Bertz CT molecular complexity index is 683. The Morgan fingerprint density at radius 3 is 1.26 bits per heavy atom. The van der Waals surface area contributed by atoms with Crippen molar-refractivity contribution in [2.75, 3.05) is 19.8 Å². The van der Waals surface area contributed by atoms with Crippen molar-refractivity contribution in [1.82, 2.24) is 0 Å². The van der Waals surface area contributed by atoms with Gasteiger partial charge in [-0.1, -0.05) is 6.58 Å². The van der Waals surface area contributed by atoms with Gasteiger partial charge in [0.15, 0.2) is 0 Å². The second kappa shape index (κ2) is 9.75. The van der Waals surface area contributed by atoms with Gasteiger partial charge in [0.25, 0.3) is 0 Å². The van der Waals surface area contributed by atoms with Gasteiger partial charge in [0.2, 0.25) is 0 Å². The van der Waals surface area contributed by atoms with Crippen molar-refractivity contribution in [3.05, 3.63) is 12.8 Å². The zero-order valence-electron chi connectivity index (χ0n) is 16.1. The first kappa shape index (κ1) is 32.3. The molecule has 0 saturated carbocycles. The Balaban J connectivity index is 6.00. The molecular weight excluding hydrogens is 535 g/mol. The molecule has 0 amide bonds. The van der Waals surface area contributed by atoms with E-state index >= 15 is 0 Å². The monoisotopic (exact) mass is 548 g/mol. The third kappa shape index (κ3) is 5.12. The van der Waals surface area contributed by atoms with Crippen molar-refractivity contribution in [2.45, 2.75) is 60.5 Å². The highest BCUT2D eigenvalue weighted by atomic mass is 19.4. The van der Waals surface area contributed by atoms with Gasteiger partial charge < -0.3 is 9.47 Å². The van der Waals surface area contributed by atoms with Crippen LogP contribution in [-0.4, -0.2) is 67.5 Å². The summed E-state index contributed by atoms with van der Waals surface area (Å²) in [4.78, 5) is 0. The smallest absolute Gasteiger partial charge is 0.460 e. The molecule has 0 atom stereocenters. The van der Waals surface area contributed by atoms with Gasteiger partial charge in [-0.3, -0.25) is 0 Å². The quantitative estimate of drug-likeness (QED) is 0.133. The summed E-state index contributed by atoms with van der Waals surface area (Å²) < 4.78 is 231. The molecule has 34 heavy (non-hydrogen) atoms. The molecule has 0 saturated heterocycles. The number of ether oxygens (including phenoxy) is 2. The molecule has 0 bridgehead atoms. The highest BCUT2D eigenvalue weighted by Gasteiger charge is 2.95. The molecule has 204 valence electrons. The van der Waals surface area contributed by atoms with Crippen molar-refractivity contribution < 1.29 is 84.1 Å². The molecule has 0 aliphatic rings. The lowest BCUT2D eigenvalue weighted by Gasteiger charge is -2.42. The van der Waals surface area contributed by atoms with E-state index in [2.05, 4.69) is 16.1 Å². The fraction of sp³-hybridized carbons (Fsp3) is 0.867. The van der Waals surface area contributed by atoms with Crippen LogP contribution in [0.15, 0.2) is 12.8 Å². The topological polar surface area (TPSA) is 18.5 Å². The van der Waals surface area contributed by atoms with Crippen molar-refractivity contribution in [2.24, 2.45) is 0 Å². The van der Waals surface area contributed by atoms with Crippen molar-refractivity contribution in [3.8, 4) is 0 Å². The van der Waals surface area contributed by atoms with Gasteiger partial charge in [-0.05, 0) is 6.42 Å². The number of hydrogen-bond donors (Lipinski definition) is 0. The normalized spacial score (nSPS) is 15.4. The Morgan fingerprint density at radius 2 is 0.882 bits per heavy atom. The predicted octanol–water partition coefficient (Wildman–Crippen LogP) is 6.95. The van der Waals surface area contributed by atoms with Crippen molar-refractivity contribution >= 4 is 0 Å². The van der Waals surface area contributed by atoms with E-state index in [1.807, 2.05) is 0 Å². The van der Waals surface area contributed by atoms with Crippen LogP contribution in [0.4, 0.5) is 74.6 Å². The Labute approximate surface area is 178 Å². The lowest BCUT2D eigenvalue weighted by atomic mass is 9.88. The van der Waals surface area contributed by atoms with Crippen molar-refractivity contribution in [1.29, 1.82) is 0 Å². The van der Waals surface area contributed by atoms with E-state index in [4.69, 9.17) is 0 Å². The summed E-state index contributed by atoms with van der Waals surface area (Å²) in [5.74, 6) is -56.1. The maximum Gasteiger partial charge on any atom is 0.460 e. The number of hydrogen-bond acceptors (Lipinski definition) is 2. The first-order valence-corrected chi connectivity index (χ1v) is 8.33. The summed E-state index contributed by atoms with van der Waals surface area (Å²) in [5.41, 5.74) is 0. The summed E-state index contributed by atoms with van der Waals surface area (Å²) >= 11 is 0. The summed E-state index contributed by atoms with van der Waals surface area (Å²) in [6.45, 7) is 1.41. The molecule has 0 fully saturated rings. The second-order valence-corrected chi connectivity index (χ2v) is 6.40. The molecular formula is C15H13F17O2. The molecule has 0 N–H and O–H groups in total. The fourth-order valence-corrected chi connectivity index (χ4v) is 2.04. The molecule has 0 aromatic heterocycles. The molecule has 2 nitrogen and oxygen atoms in total. The van der Waals surface area contributed by atoms with E-state index in [1.165, 1.54) is 0 Å². The van der Waals surface area contributed by atoms with Gasteiger partial charge in [0.1, 0.15) is 6.61 Å². The molecule has 0 unspecified atom stereocenters. The van der Waals surface area contributed by atoms with Gasteiger partial charge >= 0.3 is 47.6 Å². The molecule has 19 heteroatoms. The second-order valence-electron chi connectivity index (χ2n) is 6.40. The van der Waals surface area contributed by atoms with E-state index < -0.39 is 73.7 Å². The Kier molecular flexibility index (Phi) is 9.27. The minimum absolute atomic E-state index is 0.272. The fourth-order valence-electron chi connectivity index (χ4n) is 2.04. The number of rotatable bonds is 14. The Morgan fingerprint density at radius 1 is 0.500 bits per heavy atom. The Hall–Kier alpha value is -1.69. The van der Waals surface area contributed by atoms with Crippen LogP contribution >= 0.6 is 0 Å². The molecule has 0 aromatic carbocycles. The lowest BCUT2D eigenvalue weighted by molar-refractivity contribution is -0.461. The summed E-state index contributed by atoms with van der Waals surface area (Å²) in [7, 11) is 0. The SMILES string of the molecule is C=COCCOCCCC(F)(F)C(F)(F)C(F)(F)C(F)(F)C(F)(F)C(F)(F)C(F)(F)C(F)(F)F. The van der Waals surface area contributed by atoms with Crippen LogP contribution in [0, 0.1) is 0 Å². The molecule has 0 rings (SSSR count). The summed E-state index contributed by atoms with van der Waals surface area (Å²) in [6.07, 6.45) is -10.8. The molecule has 0 spiro atoms.